The van der Waals surface area contributed by atoms with Crippen LogP contribution in [0.25, 0.3) is 0 Å². The third kappa shape index (κ3) is 2.22. The fourth-order valence-corrected chi connectivity index (χ4v) is 2.56. The lowest BCUT2D eigenvalue weighted by atomic mass is 9.86. The van der Waals surface area contributed by atoms with Crippen LogP contribution in [0.2, 0.25) is 0 Å². The van der Waals surface area contributed by atoms with Crippen molar-refractivity contribution in [1.29, 1.82) is 5.26 Å². The molecule has 0 aromatic carbocycles. The maximum atomic E-state index is 9.35. The molecule has 0 unspecified atom stereocenters. The first-order chi connectivity index (χ1) is 9.23. The molecule has 0 N–H and O–H groups in total. The molecule has 2 saturated heterocycles. The summed E-state index contributed by atoms with van der Waals surface area (Å²) in [4.78, 5) is 9.10. The second-order valence-electron chi connectivity index (χ2n) is 5.33. The van der Waals surface area contributed by atoms with Crippen LogP contribution in [-0.4, -0.2) is 36.4 Å². The van der Waals surface area contributed by atoms with Gasteiger partial charge in [0.15, 0.2) is 11.2 Å². The van der Waals surface area contributed by atoms with Gasteiger partial charge in [-0.15, -0.1) is 0 Å². The number of aromatic nitrogens is 2. The average Bonchev–Trinajstić information content (AvgIpc) is 2.39. The predicted molar refractivity (Wildman–Crippen MR) is 67.7 cm³/mol. The minimum absolute atomic E-state index is 0.403. The van der Waals surface area contributed by atoms with Gasteiger partial charge in [-0.25, -0.2) is 9.97 Å². The van der Waals surface area contributed by atoms with Crippen LogP contribution in [0.1, 0.15) is 36.0 Å². The summed E-state index contributed by atoms with van der Waals surface area (Å²) in [6.45, 7) is 4.34. The molecule has 5 nitrogen and oxygen atoms in total. The molecule has 0 aliphatic carbocycles. The van der Waals surface area contributed by atoms with Crippen LogP contribution >= 0.6 is 0 Å². The SMILES string of the molecule is Cc1cc(C2CCOCC2)nc(C2(C#N)COC2)n1. The Morgan fingerprint density at radius 1 is 1.26 bits per heavy atom. The zero-order chi connectivity index (χ0) is 13.3. The van der Waals surface area contributed by atoms with E-state index < -0.39 is 5.41 Å². The van der Waals surface area contributed by atoms with Crippen molar-refractivity contribution in [2.45, 2.75) is 31.1 Å². The molecule has 0 bridgehead atoms. The summed E-state index contributed by atoms with van der Waals surface area (Å²) < 4.78 is 10.6. The number of aryl methyl sites for hydroxylation is 1. The molecule has 5 heteroatoms. The molecule has 19 heavy (non-hydrogen) atoms. The van der Waals surface area contributed by atoms with Gasteiger partial charge in [-0.05, 0) is 25.8 Å². The molecule has 0 amide bonds. The molecule has 2 aliphatic heterocycles. The number of hydrogen-bond donors (Lipinski definition) is 0. The summed E-state index contributed by atoms with van der Waals surface area (Å²) in [5.41, 5.74) is 1.34. The molecule has 0 atom stereocenters. The Hall–Kier alpha value is -1.51. The average molecular weight is 259 g/mol. The largest absolute Gasteiger partial charge is 0.381 e. The van der Waals surface area contributed by atoms with Gasteiger partial charge in [0, 0.05) is 30.5 Å². The van der Waals surface area contributed by atoms with Crippen molar-refractivity contribution in [3.63, 3.8) is 0 Å². The molecule has 3 heterocycles. The summed E-state index contributed by atoms with van der Waals surface area (Å²) in [7, 11) is 0. The van der Waals surface area contributed by atoms with Gasteiger partial charge in [0.2, 0.25) is 0 Å². The lowest BCUT2D eigenvalue weighted by Crippen LogP contribution is -2.47. The van der Waals surface area contributed by atoms with Gasteiger partial charge in [0.05, 0.1) is 19.3 Å². The van der Waals surface area contributed by atoms with Gasteiger partial charge in [-0.3, -0.25) is 0 Å². The monoisotopic (exact) mass is 259 g/mol. The van der Waals surface area contributed by atoms with E-state index in [-0.39, 0.29) is 0 Å². The van der Waals surface area contributed by atoms with Crippen LogP contribution in [0, 0.1) is 18.3 Å². The summed E-state index contributed by atoms with van der Waals surface area (Å²) in [5, 5.41) is 9.35. The predicted octanol–water partition coefficient (Wildman–Crippen LogP) is 1.47. The Morgan fingerprint density at radius 3 is 2.58 bits per heavy atom. The van der Waals surface area contributed by atoms with Crippen molar-refractivity contribution in [1.82, 2.24) is 9.97 Å². The highest BCUT2D eigenvalue weighted by Crippen LogP contribution is 2.32. The van der Waals surface area contributed by atoms with Gasteiger partial charge < -0.3 is 9.47 Å². The van der Waals surface area contributed by atoms with Crippen molar-refractivity contribution < 1.29 is 9.47 Å². The van der Waals surface area contributed by atoms with E-state index in [9.17, 15) is 5.26 Å². The Kier molecular flexibility index (Phi) is 3.21. The number of rotatable bonds is 2. The first-order valence-corrected chi connectivity index (χ1v) is 6.66. The summed E-state index contributed by atoms with van der Waals surface area (Å²) in [6.07, 6.45) is 1.98. The zero-order valence-corrected chi connectivity index (χ0v) is 11.1. The fourth-order valence-electron chi connectivity index (χ4n) is 2.56. The summed E-state index contributed by atoms with van der Waals surface area (Å²) in [6, 6.07) is 4.35. The topological polar surface area (TPSA) is 68.0 Å². The highest BCUT2D eigenvalue weighted by atomic mass is 16.5. The minimum Gasteiger partial charge on any atom is -0.381 e. The summed E-state index contributed by atoms with van der Waals surface area (Å²) in [5.74, 6) is 1.05. The van der Waals surface area contributed by atoms with E-state index in [1.165, 1.54) is 0 Å². The molecule has 1 aromatic heterocycles. The molecular formula is C14H17N3O2. The van der Waals surface area contributed by atoms with E-state index in [2.05, 4.69) is 16.0 Å². The lowest BCUT2D eigenvalue weighted by molar-refractivity contribution is -0.0341. The molecule has 2 aliphatic rings. The van der Waals surface area contributed by atoms with E-state index in [1.807, 2.05) is 13.0 Å². The van der Waals surface area contributed by atoms with Crippen molar-refractivity contribution in [2.75, 3.05) is 26.4 Å². The molecule has 0 radical (unpaired) electrons. The quantitative estimate of drug-likeness (QED) is 0.804. The van der Waals surface area contributed by atoms with E-state index in [1.54, 1.807) is 0 Å². The highest BCUT2D eigenvalue weighted by Gasteiger charge is 2.44. The van der Waals surface area contributed by atoms with Gasteiger partial charge >= 0.3 is 0 Å². The van der Waals surface area contributed by atoms with Crippen LogP contribution in [-0.2, 0) is 14.9 Å². The van der Waals surface area contributed by atoms with Gasteiger partial charge in [0.1, 0.15) is 0 Å². The van der Waals surface area contributed by atoms with Gasteiger partial charge in [-0.1, -0.05) is 0 Å². The minimum atomic E-state index is -0.633. The van der Waals surface area contributed by atoms with Gasteiger partial charge in [0.25, 0.3) is 0 Å². The van der Waals surface area contributed by atoms with E-state index in [0.717, 1.165) is 37.4 Å². The van der Waals surface area contributed by atoms with Crippen molar-refractivity contribution in [3.05, 3.63) is 23.3 Å². The third-order valence-electron chi connectivity index (χ3n) is 3.85. The highest BCUT2D eigenvalue weighted by molar-refractivity contribution is 5.28. The molecule has 100 valence electrons. The van der Waals surface area contributed by atoms with Crippen LogP contribution < -0.4 is 0 Å². The van der Waals surface area contributed by atoms with E-state index in [0.29, 0.717) is 25.0 Å². The second kappa shape index (κ2) is 4.87. The summed E-state index contributed by atoms with van der Waals surface area (Å²) >= 11 is 0. The first-order valence-electron chi connectivity index (χ1n) is 6.66. The molecule has 2 fully saturated rings. The number of hydrogen-bond acceptors (Lipinski definition) is 5. The maximum absolute atomic E-state index is 9.35. The molecular weight excluding hydrogens is 242 g/mol. The van der Waals surface area contributed by atoms with Crippen LogP contribution in [0.5, 0.6) is 0 Å². The molecule has 0 saturated carbocycles. The Balaban J connectivity index is 1.94. The lowest BCUT2D eigenvalue weighted by Gasteiger charge is -2.34. The number of ether oxygens (including phenoxy) is 2. The van der Waals surface area contributed by atoms with Crippen LogP contribution in [0.4, 0.5) is 0 Å². The van der Waals surface area contributed by atoms with E-state index in [4.69, 9.17) is 9.47 Å². The normalized spacial score (nSPS) is 22.5. The molecule has 3 rings (SSSR count). The molecule has 0 spiro atoms. The number of nitriles is 1. The van der Waals surface area contributed by atoms with Crippen LogP contribution in [0.15, 0.2) is 6.07 Å². The standard InChI is InChI=1S/C14H17N3O2/c1-10-6-12(11-2-4-18-5-3-11)17-13(16-10)14(7-15)8-19-9-14/h6,11H,2-5,8-9H2,1H3. The smallest absolute Gasteiger partial charge is 0.163 e. The number of nitrogens with zero attached hydrogens (tertiary/aromatic N) is 3. The maximum Gasteiger partial charge on any atom is 0.163 e. The molecule has 1 aromatic rings. The second-order valence-corrected chi connectivity index (χ2v) is 5.33. The zero-order valence-electron chi connectivity index (χ0n) is 11.1. The Morgan fingerprint density at radius 2 is 2.00 bits per heavy atom. The third-order valence-corrected chi connectivity index (χ3v) is 3.85. The van der Waals surface area contributed by atoms with Gasteiger partial charge in [-0.2, -0.15) is 5.26 Å². The Bertz CT molecular complexity index is 514. The van der Waals surface area contributed by atoms with Crippen molar-refractivity contribution in [3.8, 4) is 6.07 Å². The first kappa shape index (κ1) is 12.5. The fraction of sp³-hybridized carbons (Fsp3) is 0.643. The Labute approximate surface area is 112 Å². The van der Waals surface area contributed by atoms with Crippen molar-refractivity contribution in [2.24, 2.45) is 0 Å². The van der Waals surface area contributed by atoms with Crippen molar-refractivity contribution >= 4 is 0 Å². The van der Waals surface area contributed by atoms with Crippen LogP contribution in [0.3, 0.4) is 0 Å². The van der Waals surface area contributed by atoms with E-state index >= 15 is 0 Å².